The molecule has 0 fully saturated rings. The maximum absolute atomic E-state index is 12.6. The van der Waals surface area contributed by atoms with Crippen LogP contribution in [0.5, 0.6) is 0 Å². The summed E-state index contributed by atoms with van der Waals surface area (Å²) < 4.78 is 8.06. The van der Waals surface area contributed by atoms with Gasteiger partial charge in [-0.2, -0.15) is 4.98 Å². The number of carboxylic acid groups (broad SMARTS) is 1. The van der Waals surface area contributed by atoms with Crippen molar-refractivity contribution >= 4 is 29.6 Å². The van der Waals surface area contributed by atoms with Gasteiger partial charge in [-0.1, -0.05) is 6.08 Å². The molecular formula is C19H28N8O6. The number of amides is 2. The molecule has 0 saturated heterocycles. The molecule has 0 spiro atoms. The van der Waals surface area contributed by atoms with E-state index < -0.39 is 42.0 Å². The number of nitrogens with zero attached hydrogens (tertiary/aromatic N) is 3. The smallest absolute Gasteiger partial charge is 0.351 e. The number of aromatic nitrogens is 2. The number of guanidine groups is 1. The molecule has 1 aromatic heterocycles. The first kappa shape index (κ1) is 25.3. The zero-order chi connectivity index (χ0) is 24.7. The van der Waals surface area contributed by atoms with Crippen LogP contribution in [0.4, 0.5) is 5.82 Å². The van der Waals surface area contributed by atoms with Crippen molar-refractivity contribution in [1.82, 2.24) is 20.2 Å². The monoisotopic (exact) mass is 464 g/mol. The molecule has 0 aliphatic carbocycles. The molecule has 1 aliphatic heterocycles. The number of anilines is 1. The van der Waals surface area contributed by atoms with Crippen LogP contribution < -0.4 is 38.6 Å². The molecule has 180 valence electrons. The molecule has 14 heteroatoms. The number of ether oxygens (including phenoxy) is 1. The van der Waals surface area contributed by atoms with Crippen LogP contribution in [0, 0.1) is 0 Å². The second-order valence-corrected chi connectivity index (χ2v) is 7.52. The summed E-state index contributed by atoms with van der Waals surface area (Å²) in [5.74, 6) is -2.36. The highest BCUT2D eigenvalue weighted by Gasteiger charge is 2.31. The first-order valence-corrected chi connectivity index (χ1v) is 10.0. The molecule has 8 N–H and O–H groups in total. The lowest BCUT2D eigenvalue weighted by molar-refractivity contribution is -0.500. The minimum atomic E-state index is -1.58. The van der Waals surface area contributed by atoms with Gasteiger partial charge in [0.2, 0.25) is 11.8 Å². The van der Waals surface area contributed by atoms with Gasteiger partial charge in [-0.3, -0.25) is 30.2 Å². The average Bonchev–Trinajstić information content (AvgIpc) is 2.71. The van der Waals surface area contributed by atoms with E-state index >= 15 is 0 Å². The zero-order valence-electron chi connectivity index (χ0n) is 18.3. The quantitative estimate of drug-likeness (QED) is 0.102. The van der Waals surface area contributed by atoms with Crippen LogP contribution in [-0.2, 0) is 19.1 Å². The third-order valence-electron chi connectivity index (χ3n) is 4.87. The highest BCUT2D eigenvalue weighted by Crippen LogP contribution is 2.20. The van der Waals surface area contributed by atoms with Gasteiger partial charge in [0.25, 0.3) is 0 Å². The average molecular weight is 464 g/mol. The van der Waals surface area contributed by atoms with E-state index in [9.17, 15) is 24.3 Å². The Kier molecular flexibility index (Phi) is 8.50. The predicted octanol–water partition coefficient (Wildman–Crippen LogP) is -4.29. The van der Waals surface area contributed by atoms with Crippen molar-refractivity contribution in [3.63, 3.8) is 0 Å². The van der Waals surface area contributed by atoms with Crippen molar-refractivity contribution in [2.24, 2.45) is 11.5 Å². The maximum Gasteiger partial charge on any atom is 0.351 e. The van der Waals surface area contributed by atoms with Crippen LogP contribution in [0.15, 0.2) is 29.2 Å². The number of hydrogen-bond acceptors (Lipinski definition) is 8. The Balaban J connectivity index is 2.10. The van der Waals surface area contributed by atoms with Crippen LogP contribution >= 0.6 is 0 Å². The fourth-order valence-corrected chi connectivity index (χ4v) is 3.16. The van der Waals surface area contributed by atoms with E-state index in [0.29, 0.717) is 13.0 Å². The van der Waals surface area contributed by atoms with Crippen LogP contribution in [0.1, 0.15) is 26.0 Å². The van der Waals surface area contributed by atoms with Gasteiger partial charge in [0, 0.05) is 25.6 Å². The largest absolute Gasteiger partial charge is 0.547 e. The van der Waals surface area contributed by atoms with Crippen molar-refractivity contribution in [3.05, 3.63) is 34.9 Å². The van der Waals surface area contributed by atoms with Gasteiger partial charge in [-0.05, 0) is 18.6 Å². The second-order valence-electron chi connectivity index (χ2n) is 7.52. The highest BCUT2D eigenvalue weighted by molar-refractivity contribution is 5.80. The summed E-state index contributed by atoms with van der Waals surface area (Å²) in [5, 5.41) is 16.8. The summed E-state index contributed by atoms with van der Waals surface area (Å²) in [5.41, 5.74) is 15.7. The summed E-state index contributed by atoms with van der Waals surface area (Å²) in [6, 6.07) is -0.257. The molecule has 0 saturated carbocycles. The molecule has 1 aliphatic rings. The standard InChI is InChI=1S/C19H28N8O6/c1-10(28)23-11(5-7-26(2)18(21)22)9-14(29)24-12-3-4-15(33-16(12)17(30)31)27-8-6-13(20)25-19(27)32/h3-4,6,8,11-12,15-16H,5,7,9H2,1-2H3,(H8,20,21,22,23,24,25,28,29,30,31,32)/t11-,12-,15+,16-/m0/s1. The molecule has 0 radical (unpaired) electrons. The van der Waals surface area contributed by atoms with Crippen molar-refractivity contribution < 1.29 is 28.8 Å². The summed E-state index contributed by atoms with van der Waals surface area (Å²) in [4.78, 5) is 51.3. The SMILES string of the molecule is CC(=O)N[C@@H](CC[N+](C)=C(N)N)CC(=O)N[C@H]1C=C[C@H](n2ccc(N)nc2=O)O[C@@H]1C(=O)[O-]. The Hall–Kier alpha value is -3.94. The molecular weight excluding hydrogens is 436 g/mol. The molecule has 0 unspecified atom stereocenters. The van der Waals surface area contributed by atoms with Gasteiger partial charge in [-0.25, -0.2) is 4.79 Å². The normalized spacial score (nSPS) is 20.5. The summed E-state index contributed by atoms with van der Waals surface area (Å²) in [6.45, 7) is 1.69. The fourth-order valence-electron chi connectivity index (χ4n) is 3.16. The number of nitrogens with one attached hydrogen (secondary N) is 2. The van der Waals surface area contributed by atoms with E-state index in [4.69, 9.17) is 21.9 Å². The highest BCUT2D eigenvalue weighted by atomic mass is 16.5. The van der Waals surface area contributed by atoms with E-state index in [0.717, 1.165) is 4.57 Å². The number of carbonyl (C=O) groups is 3. The first-order chi connectivity index (χ1) is 15.5. The molecule has 14 nitrogen and oxygen atoms in total. The van der Waals surface area contributed by atoms with E-state index in [1.165, 1.54) is 31.3 Å². The molecule has 0 bridgehead atoms. The zero-order valence-corrected chi connectivity index (χ0v) is 18.3. The lowest BCUT2D eigenvalue weighted by Crippen LogP contribution is -2.55. The molecule has 1 aromatic rings. The van der Waals surface area contributed by atoms with Crippen molar-refractivity contribution in [3.8, 4) is 0 Å². The Morgan fingerprint density at radius 1 is 1.33 bits per heavy atom. The third kappa shape index (κ3) is 7.31. The second kappa shape index (κ2) is 11.1. The molecule has 33 heavy (non-hydrogen) atoms. The Bertz CT molecular complexity index is 1020. The van der Waals surface area contributed by atoms with Gasteiger partial charge < -0.3 is 31.0 Å². The van der Waals surface area contributed by atoms with Crippen LogP contribution in [-0.4, -0.2) is 69.6 Å². The minimum Gasteiger partial charge on any atom is -0.547 e. The number of aliphatic carboxylic acids is 1. The van der Waals surface area contributed by atoms with Gasteiger partial charge in [0.1, 0.15) is 11.9 Å². The number of carboxylic acids is 1. The van der Waals surface area contributed by atoms with Gasteiger partial charge in [-0.15, -0.1) is 0 Å². The van der Waals surface area contributed by atoms with Crippen molar-refractivity contribution in [2.45, 2.75) is 44.2 Å². The van der Waals surface area contributed by atoms with Gasteiger partial charge >= 0.3 is 11.6 Å². The Morgan fingerprint density at radius 2 is 2.03 bits per heavy atom. The predicted molar refractivity (Wildman–Crippen MR) is 114 cm³/mol. The molecule has 4 atom stereocenters. The lowest BCUT2D eigenvalue weighted by atomic mass is 10.1. The van der Waals surface area contributed by atoms with E-state index in [1.54, 1.807) is 11.6 Å². The Morgan fingerprint density at radius 3 is 2.61 bits per heavy atom. The molecule has 0 aromatic carbocycles. The number of carbonyl (C=O) groups excluding carboxylic acids is 3. The first-order valence-electron chi connectivity index (χ1n) is 10.0. The van der Waals surface area contributed by atoms with Crippen molar-refractivity contribution in [1.29, 1.82) is 0 Å². The van der Waals surface area contributed by atoms with E-state index in [1.807, 2.05) is 0 Å². The van der Waals surface area contributed by atoms with Crippen LogP contribution in [0.25, 0.3) is 0 Å². The maximum atomic E-state index is 12.6. The Labute approximate surface area is 189 Å². The molecule has 2 rings (SSSR count). The lowest BCUT2D eigenvalue weighted by Gasteiger charge is -2.34. The topological polar surface area (TPSA) is 224 Å². The van der Waals surface area contributed by atoms with E-state index in [2.05, 4.69) is 15.6 Å². The number of rotatable bonds is 9. The van der Waals surface area contributed by atoms with E-state index in [-0.39, 0.29) is 24.1 Å². The number of hydrogen-bond donors (Lipinski definition) is 5. The summed E-state index contributed by atoms with van der Waals surface area (Å²) in [6.07, 6.45) is 1.67. The third-order valence-corrected chi connectivity index (χ3v) is 4.87. The molecule has 2 amide bonds. The number of nitrogen functional groups attached to an aromatic ring is 1. The summed E-state index contributed by atoms with van der Waals surface area (Å²) in [7, 11) is 1.66. The summed E-state index contributed by atoms with van der Waals surface area (Å²) >= 11 is 0. The van der Waals surface area contributed by atoms with Gasteiger partial charge in [0.15, 0.2) is 6.23 Å². The van der Waals surface area contributed by atoms with Crippen molar-refractivity contribution in [2.75, 3.05) is 19.3 Å². The molecule has 2 heterocycles. The van der Waals surface area contributed by atoms with Crippen LogP contribution in [0.2, 0.25) is 0 Å². The van der Waals surface area contributed by atoms with Crippen LogP contribution in [0.3, 0.4) is 0 Å². The number of nitrogens with two attached hydrogens (primary N) is 3. The van der Waals surface area contributed by atoms with Gasteiger partial charge in [0.05, 0.1) is 25.6 Å². The minimum absolute atomic E-state index is 0.00425. The fraction of sp³-hybridized carbons (Fsp3) is 0.474.